The summed E-state index contributed by atoms with van der Waals surface area (Å²) in [4.78, 5) is 37.3. The number of nitrogens with one attached hydrogen (secondary N) is 1. The number of benzene rings is 1. The van der Waals surface area contributed by atoms with Crippen molar-refractivity contribution < 1.29 is 23.9 Å². The summed E-state index contributed by atoms with van der Waals surface area (Å²) >= 11 is 0. The second-order valence-corrected chi connectivity index (χ2v) is 5.14. The fraction of sp³-hybridized carbons (Fsp3) is 0.333. The van der Waals surface area contributed by atoms with E-state index >= 15 is 0 Å². The molecule has 3 rings (SSSR count). The van der Waals surface area contributed by atoms with Gasteiger partial charge in [-0.25, -0.2) is 4.79 Å². The molecule has 1 aromatic rings. The van der Waals surface area contributed by atoms with Gasteiger partial charge >= 0.3 is 12.0 Å². The van der Waals surface area contributed by atoms with E-state index in [1.807, 2.05) is 0 Å². The molecule has 0 radical (unpaired) electrons. The van der Waals surface area contributed by atoms with Crippen molar-refractivity contribution in [1.82, 2.24) is 10.2 Å². The lowest BCUT2D eigenvalue weighted by Crippen LogP contribution is -2.47. The van der Waals surface area contributed by atoms with Gasteiger partial charge < -0.3 is 14.8 Å². The maximum absolute atomic E-state index is 12.8. The van der Waals surface area contributed by atoms with Crippen LogP contribution in [0.15, 0.2) is 24.3 Å². The molecule has 2 aliphatic rings. The van der Waals surface area contributed by atoms with Crippen molar-refractivity contribution in [3.8, 4) is 11.8 Å². The largest absolute Gasteiger partial charge is 0.493 e. The molecule has 1 N–H and O–H groups in total. The molecular formula is C15H13N3O5. The van der Waals surface area contributed by atoms with Gasteiger partial charge in [0, 0.05) is 12.0 Å². The van der Waals surface area contributed by atoms with E-state index in [-0.39, 0.29) is 13.0 Å². The van der Waals surface area contributed by atoms with E-state index in [1.165, 1.54) is 0 Å². The molecule has 1 fully saturated rings. The Bertz CT molecular complexity index is 726. The lowest BCUT2D eigenvalue weighted by Gasteiger charge is -2.33. The first-order valence-electron chi connectivity index (χ1n) is 6.97. The van der Waals surface area contributed by atoms with E-state index in [4.69, 9.17) is 10.00 Å². The van der Waals surface area contributed by atoms with Crippen molar-refractivity contribution >= 4 is 17.9 Å². The van der Waals surface area contributed by atoms with Gasteiger partial charge in [0.1, 0.15) is 18.4 Å². The molecule has 1 spiro atoms. The summed E-state index contributed by atoms with van der Waals surface area (Å²) in [6.07, 6.45) is 0.276. The molecule has 0 bridgehead atoms. The molecule has 0 aromatic heterocycles. The second kappa shape index (κ2) is 5.61. The number of fused-ring (bicyclic) bond motifs is 2. The van der Waals surface area contributed by atoms with Crippen LogP contribution in [0.3, 0.4) is 0 Å². The number of hydrogen-bond acceptors (Lipinski definition) is 6. The number of amides is 3. The van der Waals surface area contributed by atoms with Crippen molar-refractivity contribution in [2.75, 3.05) is 19.8 Å². The molecule has 1 aromatic carbocycles. The van der Waals surface area contributed by atoms with E-state index in [9.17, 15) is 14.4 Å². The van der Waals surface area contributed by atoms with E-state index in [0.29, 0.717) is 11.3 Å². The van der Waals surface area contributed by atoms with Gasteiger partial charge in [0.25, 0.3) is 5.91 Å². The van der Waals surface area contributed by atoms with Crippen LogP contribution in [0.4, 0.5) is 4.79 Å². The Morgan fingerprint density at radius 1 is 1.43 bits per heavy atom. The minimum Gasteiger partial charge on any atom is -0.493 e. The standard InChI is InChI=1S/C15H13N3O5/c16-6-8-23-12(19)9-18-13(20)15(17-14(18)21)5-7-22-11-4-2-1-3-10(11)15/h1-4H,5,7-9H2,(H,17,21)/t15-/m0/s1. The Hall–Kier alpha value is -3.08. The number of urea groups is 1. The summed E-state index contributed by atoms with van der Waals surface area (Å²) in [6, 6.07) is 7.94. The molecule has 0 aliphatic carbocycles. The molecule has 2 heterocycles. The Labute approximate surface area is 131 Å². The number of rotatable bonds is 3. The molecule has 8 heteroatoms. The minimum atomic E-state index is -1.22. The monoisotopic (exact) mass is 315 g/mol. The molecule has 118 valence electrons. The quantitative estimate of drug-likeness (QED) is 0.634. The Balaban J connectivity index is 1.88. The summed E-state index contributed by atoms with van der Waals surface area (Å²) in [6.45, 7) is -0.683. The number of carbonyl (C=O) groups excluding carboxylic acids is 3. The highest BCUT2D eigenvalue weighted by Gasteiger charge is 2.55. The van der Waals surface area contributed by atoms with Crippen LogP contribution in [0.2, 0.25) is 0 Å². The molecule has 1 atom stereocenters. The Morgan fingerprint density at radius 2 is 2.22 bits per heavy atom. The highest BCUT2D eigenvalue weighted by molar-refractivity contribution is 6.09. The summed E-state index contributed by atoms with van der Waals surface area (Å²) in [5.74, 6) is -0.805. The maximum Gasteiger partial charge on any atom is 0.327 e. The normalized spacial score (nSPS) is 22.1. The Morgan fingerprint density at radius 3 is 3.00 bits per heavy atom. The fourth-order valence-electron chi connectivity index (χ4n) is 2.80. The SMILES string of the molecule is N#CCOC(=O)CN1C(=O)N[C@]2(CCOc3ccccc32)C1=O. The van der Waals surface area contributed by atoms with Crippen molar-refractivity contribution in [2.45, 2.75) is 12.0 Å². The summed E-state index contributed by atoms with van der Waals surface area (Å²) in [5, 5.41) is 11.1. The number of imide groups is 1. The molecule has 1 saturated heterocycles. The predicted octanol–water partition coefficient (Wildman–Crippen LogP) is 0.283. The van der Waals surface area contributed by atoms with Gasteiger partial charge in [-0.15, -0.1) is 0 Å². The second-order valence-electron chi connectivity index (χ2n) is 5.14. The average Bonchev–Trinajstić information content (AvgIpc) is 2.78. The van der Waals surface area contributed by atoms with Gasteiger partial charge in [0.15, 0.2) is 12.1 Å². The van der Waals surface area contributed by atoms with Crippen LogP contribution in [0.5, 0.6) is 5.75 Å². The topological polar surface area (TPSA) is 109 Å². The zero-order valence-electron chi connectivity index (χ0n) is 12.1. The van der Waals surface area contributed by atoms with Crippen LogP contribution in [-0.4, -0.2) is 42.6 Å². The zero-order chi connectivity index (χ0) is 16.4. The first-order chi connectivity index (χ1) is 11.1. The summed E-state index contributed by atoms with van der Waals surface area (Å²) in [5.41, 5.74) is -0.654. The molecule has 3 amide bonds. The lowest BCUT2D eigenvalue weighted by atomic mass is 9.84. The molecule has 0 saturated carbocycles. The van der Waals surface area contributed by atoms with E-state index in [2.05, 4.69) is 10.1 Å². The van der Waals surface area contributed by atoms with Gasteiger partial charge in [-0.2, -0.15) is 5.26 Å². The van der Waals surface area contributed by atoms with Crippen molar-refractivity contribution in [1.29, 1.82) is 5.26 Å². The number of nitrogens with zero attached hydrogens (tertiary/aromatic N) is 2. The molecule has 8 nitrogen and oxygen atoms in total. The van der Waals surface area contributed by atoms with Crippen LogP contribution in [0, 0.1) is 11.3 Å². The van der Waals surface area contributed by atoms with Gasteiger partial charge in [-0.05, 0) is 6.07 Å². The molecule has 0 unspecified atom stereocenters. The molecule has 23 heavy (non-hydrogen) atoms. The minimum absolute atomic E-state index is 0.274. The molecular weight excluding hydrogens is 302 g/mol. The van der Waals surface area contributed by atoms with E-state index < -0.39 is 36.6 Å². The van der Waals surface area contributed by atoms with Crippen LogP contribution < -0.4 is 10.1 Å². The summed E-state index contributed by atoms with van der Waals surface area (Å²) < 4.78 is 10.1. The first kappa shape index (κ1) is 14.8. The predicted molar refractivity (Wildman–Crippen MR) is 75.0 cm³/mol. The van der Waals surface area contributed by atoms with Gasteiger partial charge in [-0.3, -0.25) is 14.5 Å². The van der Waals surface area contributed by atoms with E-state index in [1.54, 1.807) is 30.3 Å². The summed E-state index contributed by atoms with van der Waals surface area (Å²) in [7, 11) is 0. The number of ether oxygens (including phenoxy) is 2. The van der Waals surface area contributed by atoms with Gasteiger partial charge in [0.05, 0.1) is 6.61 Å². The van der Waals surface area contributed by atoms with Crippen molar-refractivity contribution in [3.63, 3.8) is 0 Å². The third kappa shape index (κ3) is 2.36. The number of nitriles is 1. The first-order valence-corrected chi connectivity index (χ1v) is 6.97. The van der Waals surface area contributed by atoms with Crippen LogP contribution >= 0.6 is 0 Å². The van der Waals surface area contributed by atoms with Crippen LogP contribution in [0.25, 0.3) is 0 Å². The smallest absolute Gasteiger partial charge is 0.327 e. The number of para-hydroxylation sites is 1. The zero-order valence-corrected chi connectivity index (χ0v) is 12.1. The lowest BCUT2D eigenvalue weighted by molar-refractivity contribution is -0.147. The fourth-order valence-corrected chi connectivity index (χ4v) is 2.80. The number of hydrogen-bond donors (Lipinski definition) is 1. The average molecular weight is 315 g/mol. The maximum atomic E-state index is 12.8. The van der Waals surface area contributed by atoms with E-state index in [0.717, 1.165) is 4.90 Å². The van der Waals surface area contributed by atoms with Gasteiger partial charge in [-0.1, -0.05) is 18.2 Å². The highest BCUT2D eigenvalue weighted by Crippen LogP contribution is 2.40. The number of esters is 1. The highest BCUT2D eigenvalue weighted by atomic mass is 16.5. The van der Waals surface area contributed by atoms with Crippen LogP contribution in [0.1, 0.15) is 12.0 Å². The van der Waals surface area contributed by atoms with Crippen LogP contribution in [-0.2, 0) is 19.9 Å². The Kier molecular flexibility index (Phi) is 3.62. The third-order valence-electron chi connectivity index (χ3n) is 3.84. The molecule has 2 aliphatic heterocycles. The third-order valence-corrected chi connectivity index (χ3v) is 3.84. The van der Waals surface area contributed by atoms with Crippen molar-refractivity contribution in [3.05, 3.63) is 29.8 Å². The van der Waals surface area contributed by atoms with Crippen molar-refractivity contribution in [2.24, 2.45) is 0 Å². The van der Waals surface area contributed by atoms with Gasteiger partial charge in [0.2, 0.25) is 0 Å². The number of carbonyl (C=O) groups is 3.